The van der Waals surface area contributed by atoms with Gasteiger partial charge in [0.2, 0.25) is 5.13 Å². The third-order valence-corrected chi connectivity index (χ3v) is 4.17. The van der Waals surface area contributed by atoms with Gasteiger partial charge in [0.05, 0.1) is 11.9 Å². The molecule has 0 saturated heterocycles. The zero-order valence-corrected chi connectivity index (χ0v) is 13.8. The Bertz CT molecular complexity index is 802. The lowest BCUT2D eigenvalue weighted by Crippen LogP contribution is -1.90. The predicted molar refractivity (Wildman–Crippen MR) is 94.6 cm³/mol. The van der Waals surface area contributed by atoms with Crippen molar-refractivity contribution in [1.29, 1.82) is 0 Å². The smallest absolute Gasteiger partial charge is 0.203 e. The van der Waals surface area contributed by atoms with E-state index in [4.69, 9.17) is 0 Å². The number of benzene rings is 2. The van der Waals surface area contributed by atoms with Gasteiger partial charge in [-0.1, -0.05) is 46.3 Å². The number of phenolic OH excluding ortho intramolecular Hbond substituents is 1. The van der Waals surface area contributed by atoms with E-state index in [0.29, 0.717) is 10.7 Å². The van der Waals surface area contributed by atoms with Crippen molar-refractivity contribution in [3.05, 3.63) is 63.9 Å². The SMILES string of the molecule is Oc1ccc(Br)cc1/C=N/Nc1nc(-c2ccccc2)cs1. The summed E-state index contributed by atoms with van der Waals surface area (Å²) in [6.45, 7) is 0. The van der Waals surface area contributed by atoms with Gasteiger partial charge in [-0.3, -0.25) is 5.43 Å². The van der Waals surface area contributed by atoms with Crippen LogP contribution in [0.2, 0.25) is 0 Å². The molecule has 0 amide bonds. The minimum atomic E-state index is 0.179. The largest absolute Gasteiger partial charge is 0.507 e. The van der Waals surface area contributed by atoms with Crippen molar-refractivity contribution in [3.8, 4) is 17.0 Å². The molecular weight excluding hydrogens is 362 g/mol. The Morgan fingerprint density at radius 3 is 2.82 bits per heavy atom. The average Bonchev–Trinajstić information content (AvgIpc) is 3.00. The summed E-state index contributed by atoms with van der Waals surface area (Å²) in [7, 11) is 0. The summed E-state index contributed by atoms with van der Waals surface area (Å²) in [5.41, 5.74) is 5.49. The molecule has 2 N–H and O–H groups in total. The van der Waals surface area contributed by atoms with E-state index >= 15 is 0 Å². The molecule has 22 heavy (non-hydrogen) atoms. The molecule has 0 unspecified atom stereocenters. The molecule has 0 aliphatic heterocycles. The summed E-state index contributed by atoms with van der Waals surface area (Å²) in [4.78, 5) is 4.47. The van der Waals surface area contributed by atoms with E-state index in [0.717, 1.165) is 15.7 Å². The maximum Gasteiger partial charge on any atom is 0.203 e. The summed E-state index contributed by atoms with van der Waals surface area (Å²) < 4.78 is 0.882. The van der Waals surface area contributed by atoms with Crippen molar-refractivity contribution in [1.82, 2.24) is 4.98 Å². The summed E-state index contributed by atoms with van der Waals surface area (Å²) in [5.74, 6) is 0.179. The predicted octanol–water partition coefficient (Wildman–Crippen LogP) is 4.72. The standard InChI is InChI=1S/C16H12BrN3OS/c17-13-6-7-15(21)12(8-13)9-18-20-16-19-14(10-22-16)11-4-2-1-3-5-11/h1-10,21H,(H,19,20)/b18-9+. The first-order chi connectivity index (χ1) is 10.7. The number of phenols is 1. The lowest BCUT2D eigenvalue weighted by atomic mass is 10.2. The van der Waals surface area contributed by atoms with Crippen LogP contribution in [0.4, 0.5) is 5.13 Å². The Balaban J connectivity index is 1.71. The number of anilines is 1. The van der Waals surface area contributed by atoms with Crippen LogP contribution in [0, 0.1) is 0 Å². The lowest BCUT2D eigenvalue weighted by Gasteiger charge is -1.99. The normalized spacial score (nSPS) is 11.0. The number of aromatic hydroxyl groups is 1. The molecule has 110 valence electrons. The third-order valence-electron chi connectivity index (χ3n) is 2.93. The molecule has 0 radical (unpaired) electrons. The Morgan fingerprint density at radius 2 is 2.00 bits per heavy atom. The van der Waals surface area contributed by atoms with Gasteiger partial charge in [0, 0.05) is 21.0 Å². The quantitative estimate of drug-likeness (QED) is 0.513. The molecule has 0 aliphatic rings. The van der Waals surface area contributed by atoms with Crippen molar-refractivity contribution >= 4 is 38.6 Å². The summed E-state index contributed by atoms with van der Waals surface area (Å²) in [5, 5.41) is 16.5. The maximum atomic E-state index is 9.73. The topological polar surface area (TPSA) is 57.5 Å². The number of hydrogen-bond acceptors (Lipinski definition) is 5. The summed E-state index contributed by atoms with van der Waals surface area (Å²) >= 11 is 4.84. The summed E-state index contributed by atoms with van der Waals surface area (Å²) in [6.07, 6.45) is 1.56. The average molecular weight is 374 g/mol. The fourth-order valence-electron chi connectivity index (χ4n) is 1.85. The number of aromatic nitrogens is 1. The molecule has 6 heteroatoms. The van der Waals surface area contributed by atoms with Gasteiger partial charge < -0.3 is 5.11 Å². The van der Waals surface area contributed by atoms with E-state index in [1.165, 1.54) is 11.3 Å². The molecule has 0 aliphatic carbocycles. The van der Waals surface area contributed by atoms with E-state index < -0.39 is 0 Å². The highest BCUT2D eigenvalue weighted by Gasteiger charge is 2.03. The second-order valence-electron chi connectivity index (χ2n) is 4.48. The fraction of sp³-hybridized carbons (Fsp3) is 0. The molecule has 0 bridgehead atoms. The van der Waals surface area contributed by atoms with Gasteiger partial charge in [-0.15, -0.1) is 11.3 Å². The van der Waals surface area contributed by atoms with Crippen molar-refractivity contribution in [2.24, 2.45) is 5.10 Å². The zero-order chi connectivity index (χ0) is 15.4. The van der Waals surface area contributed by atoms with Gasteiger partial charge in [-0.05, 0) is 18.2 Å². The maximum absolute atomic E-state index is 9.73. The first kappa shape index (κ1) is 14.7. The number of nitrogens with zero attached hydrogens (tertiary/aromatic N) is 2. The number of halogens is 1. The second-order valence-corrected chi connectivity index (χ2v) is 6.25. The molecule has 2 aromatic carbocycles. The van der Waals surface area contributed by atoms with E-state index in [2.05, 4.69) is 31.4 Å². The molecular formula is C16H12BrN3OS. The first-order valence-corrected chi connectivity index (χ1v) is 8.18. The highest BCUT2D eigenvalue weighted by atomic mass is 79.9. The van der Waals surface area contributed by atoms with Gasteiger partial charge in [0.1, 0.15) is 5.75 Å². The number of rotatable bonds is 4. The Kier molecular flexibility index (Phi) is 4.50. The van der Waals surface area contributed by atoms with Crippen molar-refractivity contribution in [2.75, 3.05) is 5.43 Å². The Labute approximate surface area is 140 Å². The molecule has 3 rings (SSSR count). The molecule has 4 nitrogen and oxygen atoms in total. The van der Waals surface area contributed by atoms with Gasteiger partial charge in [-0.2, -0.15) is 5.10 Å². The molecule has 0 saturated carbocycles. The van der Waals surface area contributed by atoms with Crippen LogP contribution in [0.1, 0.15) is 5.56 Å². The van der Waals surface area contributed by atoms with E-state index in [1.54, 1.807) is 24.4 Å². The van der Waals surface area contributed by atoms with Crippen LogP contribution in [-0.2, 0) is 0 Å². The van der Waals surface area contributed by atoms with Gasteiger partial charge in [-0.25, -0.2) is 4.98 Å². The Hall–Kier alpha value is -2.18. The number of hydrazone groups is 1. The number of thiazole rings is 1. The van der Waals surface area contributed by atoms with Crippen LogP contribution in [0.25, 0.3) is 11.3 Å². The van der Waals surface area contributed by atoms with E-state index in [9.17, 15) is 5.11 Å². The van der Waals surface area contributed by atoms with Crippen LogP contribution < -0.4 is 5.43 Å². The van der Waals surface area contributed by atoms with Gasteiger partial charge in [0.15, 0.2) is 0 Å². The molecule has 1 heterocycles. The van der Waals surface area contributed by atoms with Crippen LogP contribution in [-0.4, -0.2) is 16.3 Å². The molecule has 0 fully saturated rings. The molecule has 3 aromatic rings. The highest BCUT2D eigenvalue weighted by molar-refractivity contribution is 9.10. The van der Waals surface area contributed by atoms with Gasteiger partial charge in [0.25, 0.3) is 0 Å². The lowest BCUT2D eigenvalue weighted by molar-refractivity contribution is 0.474. The van der Waals surface area contributed by atoms with E-state index in [1.807, 2.05) is 35.7 Å². The van der Waals surface area contributed by atoms with Crippen molar-refractivity contribution < 1.29 is 5.11 Å². The Morgan fingerprint density at radius 1 is 1.18 bits per heavy atom. The van der Waals surface area contributed by atoms with Crippen LogP contribution >= 0.6 is 27.3 Å². The zero-order valence-electron chi connectivity index (χ0n) is 11.4. The summed E-state index contributed by atoms with van der Waals surface area (Å²) in [6, 6.07) is 15.1. The highest BCUT2D eigenvalue weighted by Crippen LogP contribution is 2.25. The van der Waals surface area contributed by atoms with Crippen LogP contribution in [0.15, 0.2) is 63.5 Å². The third kappa shape index (κ3) is 3.52. The minimum Gasteiger partial charge on any atom is -0.507 e. The second kappa shape index (κ2) is 6.72. The fourth-order valence-corrected chi connectivity index (χ4v) is 2.90. The monoisotopic (exact) mass is 373 g/mol. The minimum absolute atomic E-state index is 0.179. The number of hydrogen-bond donors (Lipinski definition) is 2. The molecule has 0 atom stereocenters. The van der Waals surface area contributed by atoms with Gasteiger partial charge >= 0.3 is 0 Å². The molecule has 1 aromatic heterocycles. The van der Waals surface area contributed by atoms with E-state index in [-0.39, 0.29) is 5.75 Å². The number of nitrogens with one attached hydrogen (secondary N) is 1. The van der Waals surface area contributed by atoms with Crippen molar-refractivity contribution in [2.45, 2.75) is 0 Å². The van der Waals surface area contributed by atoms with Crippen LogP contribution in [0.3, 0.4) is 0 Å². The first-order valence-electron chi connectivity index (χ1n) is 6.51. The molecule has 0 spiro atoms. The van der Waals surface area contributed by atoms with Crippen molar-refractivity contribution in [3.63, 3.8) is 0 Å². The van der Waals surface area contributed by atoms with Crippen LogP contribution in [0.5, 0.6) is 5.75 Å².